The van der Waals surface area contributed by atoms with Gasteiger partial charge in [-0.2, -0.15) is 11.8 Å². The maximum Gasteiger partial charge on any atom is 0.240 e. The summed E-state index contributed by atoms with van der Waals surface area (Å²) in [4.78, 5) is 14.6. The molecule has 2 atom stereocenters. The number of carbonyl (C=O) groups is 1. The highest BCUT2D eigenvalue weighted by molar-refractivity contribution is 7.99. The van der Waals surface area contributed by atoms with E-state index < -0.39 is 0 Å². The van der Waals surface area contributed by atoms with Crippen molar-refractivity contribution in [3.8, 4) is 0 Å². The van der Waals surface area contributed by atoms with E-state index in [1.165, 1.54) is 50.0 Å². The van der Waals surface area contributed by atoms with Gasteiger partial charge in [0.05, 0.1) is 12.2 Å². The molecule has 2 saturated heterocycles. The maximum absolute atomic E-state index is 12.4. The Morgan fingerprint density at radius 2 is 1.89 bits per heavy atom. The Morgan fingerprint density at radius 1 is 1.21 bits per heavy atom. The van der Waals surface area contributed by atoms with Crippen LogP contribution in [0, 0.1) is 11.8 Å². The fourth-order valence-corrected chi connectivity index (χ4v) is 5.08. The first-order chi connectivity index (χ1) is 9.25. The first-order valence-electron chi connectivity index (χ1n) is 7.90. The lowest BCUT2D eigenvalue weighted by Gasteiger charge is -2.33. The summed E-state index contributed by atoms with van der Waals surface area (Å²) in [7, 11) is 0. The van der Waals surface area contributed by atoms with Crippen LogP contribution in [0.25, 0.3) is 0 Å². The van der Waals surface area contributed by atoms with Gasteiger partial charge >= 0.3 is 0 Å². The van der Waals surface area contributed by atoms with Gasteiger partial charge in [-0.05, 0) is 55.9 Å². The van der Waals surface area contributed by atoms with E-state index in [-0.39, 0.29) is 6.04 Å². The third kappa shape index (κ3) is 2.94. The monoisotopic (exact) mass is 282 g/mol. The molecule has 0 aromatic heterocycles. The van der Waals surface area contributed by atoms with E-state index in [0.717, 1.165) is 12.5 Å². The van der Waals surface area contributed by atoms with Crippen LogP contribution in [0.15, 0.2) is 0 Å². The van der Waals surface area contributed by atoms with Crippen LogP contribution >= 0.6 is 11.8 Å². The summed E-state index contributed by atoms with van der Waals surface area (Å²) in [6.45, 7) is 3.03. The molecule has 0 aromatic rings. The molecular weight excluding hydrogens is 256 g/mol. The fourth-order valence-electron chi connectivity index (χ4n) is 3.88. The van der Waals surface area contributed by atoms with Crippen molar-refractivity contribution >= 4 is 17.7 Å². The predicted octanol–water partition coefficient (Wildman–Crippen LogP) is 2.47. The third-order valence-electron chi connectivity index (χ3n) is 5.05. The van der Waals surface area contributed by atoms with Crippen molar-refractivity contribution in [1.29, 1.82) is 0 Å². The van der Waals surface area contributed by atoms with Crippen LogP contribution in [0.3, 0.4) is 0 Å². The Kier molecular flexibility index (Phi) is 4.37. The minimum absolute atomic E-state index is 0.0311. The molecule has 1 amide bonds. The van der Waals surface area contributed by atoms with Gasteiger partial charge in [-0.15, -0.1) is 0 Å². The molecule has 3 rings (SSSR count). The predicted molar refractivity (Wildman–Crippen MR) is 80.1 cm³/mol. The number of carbonyl (C=O) groups excluding carboxylic acids is 1. The topological polar surface area (TPSA) is 32.3 Å². The quantitative estimate of drug-likeness (QED) is 0.863. The van der Waals surface area contributed by atoms with Crippen LogP contribution in [0.5, 0.6) is 0 Å². The SMILES string of the molecule is CC1NC(C2CCCC2)N(CC2CCSCC2)C1=O. The van der Waals surface area contributed by atoms with Crippen LogP contribution in [0.1, 0.15) is 45.4 Å². The Bertz CT molecular complexity index is 324. The van der Waals surface area contributed by atoms with Gasteiger partial charge in [-0.1, -0.05) is 12.8 Å². The Balaban J connectivity index is 1.66. The van der Waals surface area contributed by atoms with Crippen molar-refractivity contribution in [2.24, 2.45) is 11.8 Å². The highest BCUT2D eigenvalue weighted by Gasteiger charge is 2.41. The second-order valence-electron chi connectivity index (χ2n) is 6.42. The lowest BCUT2D eigenvalue weighted by atomic mass is 9.99. The van der Waals surface area contributed by atoms with E-state index in [1.54, 1.807) is 0 Å². The highest BCUT2D eigenvalue weighted by atomic mass is 32.2. The maximum atomic E-state index is 12.4. The summed E-state index contributed by atoms with van der Waals surface area (Å²) in [5.74, 6) is 4.34. The Labute approximate surface area is 120 Å². The van der Waals surface area contributed by atoms with E-state index in [4.69, 9.17) is 0 Å². The molecule has 2 aliphatic heterocycles. The van der Waals surface area contributed by atoms with Crippen LogP contribution in [-0.2, 0) is 4.79 Å². The van der Waals surface area contributed by atoms with E-state index in [1.807, 2.05) is 6.92 Å². The number of nitrogens with one attached hydrogen (secondary N) is 1. The second kappa shape index (κ2) is 6.04. The molecule has 3 nitrogen and oxygen atoms in total. The molecule has 2 unspecified atom stereocenters. The number of hydrogen-bond donors (Lipinski definition) is 1. The Morgan fingerprint density at radius 3 is 2.58 bits per heavy atom. The van der Waals surface area contributed by atoms with E-state index >= 15 is 0 Å². The molecule has 0 radical (unpaired) electrons. The average molecular weight is 282 g/mol. The van der Waals surface area contributed by atoms with Crippen LogP contribution in [0.2, 0.25) is 0 Å². The van der Waals surface area contributed by atoms with Gasteiger partial charge in [0, 0.05) is 6.54 Å². The molecule has 0 bridgehead atoms. The van der Waals surface area contributed by atoms with Gasteiger partial charge in [0.1, 0.15) is 0 Å². The normalized spacial score (nSPS) is 34.4. The molecule has 0 spiro atoms. The van der Waals surface area contributed by atoms with E-state index in [9.17, 15) is 4.79 Å². The summed E-state index contributed by atoms with van der Waals surface area (Å²) in [6.07, 6.45) is 8.21. The van der Waals surface area contributed by atoms with Gasteiger partial charge in [-0.25, -0.2) is 0 Å². The van der Waals surface area contributed by atoms with Crippen molar-refractivity contribution in [1.82, 2.24) is 10.2 Å². The molecule has 1 saturated carbocycles. The molecule has 2 heterocycles. The molecular formula is C15H26N2OS. The van der Waals surface area contributed by atoms with Crippen LogP contribution in [-0.4, -0.2) is 41.1 Å². The molecule has 1 aliphatic carbocycles. The number of nitrogens with zero attached hydrogens (tertiary/aromatic N) is 1. The molecule has 1 N–H and O–H groups in total. The minimum atomic E-state index is 0.0311. The molecule has 3 aliphatic rings. The third-order valence-corrected chi connectivity index (χ3v) is 6.10. The van der Waals surface area contributed by atoms with Crippen LogP contribution in [0.4, 0.5) is 0 Å². The summed E-state index contributed by atoms with van der Waals surface area (Å²) in [5, 5.41) is 3.56. The lowest BCUT2D eigenvalue weighted by molar-refractivity contribution is -0.131. The zero-order valence-electron chi connectivity index (χ0n) is 11.9. The molecule has 4 heteroatoms. The summed E-state index contributed by atoms with van der Waals surface area (Å²) in [5.41, 5.74) is 0. The molecule has 108 valence electrons. The first kappa shape index (κ1) is 13.7. The van der Waals surface area contributed by atoms with Crippen molar-refractivity contribution < 1.29 is 4.79 Å². The largest absolute Gasteiger partial charge is 0.325 e. The minimum Gasteiger partial charge on any atom is -0.325 e. The lowest BCUT2D eigenvalue weighted by Crippen LogP contribution is -2.45. The van der Waals surface area contributed by atoms with Gasteiger partial charge in [-0.3, -0.25) is 10.1 Å². The van der Waals surface area contributed by atoms with Crippen molar-refractivity contribution in [2.75, 3.05) is 18.1 Å². The summed E-state index contributed by atoms with van der Waals surface area (Å²) in [6, 6.07) is 0.0311. The molecule has 19 heavy (non-hydrogen) atoms. The van der Waals surface area contributed by atoms with Gasteiger partial charge in [0.15, 0.2) is 0 Å². The number of thioether (sulfide) groups is 1. The van der Waals surface area contributed by atoms with Crippen molar-refractivity contribution in [2.45, 2.75) is 57.7 Å². The van der Waals surface area contributed by atoms with Crippen LogP contribution < -0.4 is 5.32 Å². The Hall–Kier alpha value is -0.220. The highest BCUT2D eigenvalue weighted by Crippen LogP contribution is 2.33. The summed E-state index contributed by atoms with van der Waals surface area (Å²) < 4.78 is 0. The fraction of sp³-hybridized carbons (Fsp3) is 0.933. The van der Waals surface area contributed by atoms with Crippen molar-refractivity contribution in [3.05, 3.63) is 0 Å². The number of hydrogen-bond acceptors (Lipinski definition) is 3. The van der Waals surface area contributed by atoms with E-state index in [2.05, 4.69) is 22.0 Å². The number of rotatable bonds is 3. The smallest absolute Gasteiger partial charge is 0.240 e. The zero-order valence-corrected chi connectivity index (χ0v) is 12.8. The van der Waals surface area contributed by atoms with Gasteiger partial charge in [0.25, 0.3) is 0 Å². The molecule has 0 aromatic carbocycles. The number of amides is 1. The van der Waals surface area contributed by atoms with Crippen molar-refractivity contribution in [3.63, 3.8) is 0 Å². The van der Waals surface area contributed by atoms with Gasteiger partial charge < -0.3 is 4.90 Å². The average Bonchev–Trinajstić information content (AvgIpc) is 3.04. The standard InChI is InChI=1S/C15H26N2OS/c1-11-15(18)17(10-12-6-8-19-9-7-12)14(16-11)13-4-2-3-5-13/h11-14,16H,2-10H2,1H3. The van der Waals surface area contributed by atoms with Gasteiger partial charge in [0.2, 0.25) is 5.91 Å². The first-order valence-corrected chi connectivity index (χ1v) is 9.05. The zero-order chi connectivity index (χ0) is 13.2. The molecule has 3 fully saturated rings. The van der Waals surface area contributed by atoms with E-state index in [0.29, 0.717) is 18.0 Å². The second-order valence-corrected chi connectivity index (χ2v) is 7.65. The summed E-state index contributed by atoms with van der Waals surface area (Å²) >= 11 is 2.06.